The molecule has 1 aliphatic carbocycles. The van der Waals surface area contributed by atoms with Crippen LogP contribution in [0.5, 0.6) is 0 Å². The van der Waals surface area contributed by atoms with Crippen molar-refractivity contribution in [2.24, 2.45) is 5.92 Å². The number of nitrogens with one attached hydrogen (secondary N) is 1. The smallest absolute Gasteiger partial charge is 0.321 e. The molecular weight excluding hydrogens is 308 g/mol. The Morgan fingerprint density at radius 1 is 1.25 bits per heavy atom. The zero-order chi connectivity index (χ0) is 17.7. The second-order valence-electron chi connectivity index (χ2n) is 6.53. The van der Waals surface area contributed by atoms with Crippen LogP contribution in [0.2, 0.25) is 0 Å². The Balaban J connectivity index is 1.97. The molecule has 1 aliphatic rings. The van der Waals surface area contributed by atoms with Crippen molar-refractivity contribution in [3.05, 3.63) is 24.0 Å². The molecule has 3 amide bonds. The normalized spacial score (nSPS) is 20.3. The van der Waals surface area contributed by atoms with Crippen LogP contribution in [0.4, 0.5) is 10.5 Å². The van der Waals surface area contributed by atoms with E-state index in [1.165, 1.54) is 11.1 Å². The van der Waals surface area contributed by atoms with E-state index in [4.69, 9.17) is 0 Å². The summed E-state index contributed by atoms with van der Waals surface area (Å²) >= 11 is 0. The number of nitrogens with zero attached hydrogens (tertiary/aromatic N) is 3. The van der Waals surface area contributed by atoms with Gasteiger partial charge >= 0.3 is 6.03 Å². The van der Waals surface area contributed by atoms with Gasteiger partial charge in [0.15, 0.2) is 0 Å². The van der Waals surface area contributed by atoms with Crippen LogP contribution in [0.1, 0.15) is 36.2 Å². The van der Waals surface area contributed by atoms with Crippen LogP contribution < -0.4 is 5.32 Å². The van der Waals surface area contributed by atoms with Gasteiger partial charge in [0.05, 0.1) is 0 Å². The SMILES string of the molecule is CN(C)C(=O)c1cc(NC(=O)N(C)C2CCC(CO)CC2)ccn1. The molecule has 1 aromatic heterocycles. The number of aromatic nitrogens is 1. The van der Waals surface area contributed by atoms with Gasteiger partial charge in [-0.05, 0) is 43.7 Å². The number of anilines is 1. The summed E-state index contributed by atoms with van der Waals surface area (Å²) in [7, 11) is 5.10. The lowest BCUT2D eigenvalue weighted by atomic mass is 9.86. The molecule has 0 spiro atoms. The highest BCUT2D eigenvalue weighted by Crippen LogP contribution is 2.27. The van der Waals surface area contributed by atoms with Crippen LogP contribution in [0.25, 0.3) is 0 Å². The van der Waals surface area contributed by atoms with Gasteiger partial charge in [-0.3, -0.25) is 9.78 Å². The molecule has 2 N–H and O–H groups in total. The van der Waals surface area contributed by atoms with Crippen molar-refractivity contribution in [2.75, 3.05) is 33.1 Å². The van der Waals surface area contributed by atoms with Crippen LogP contribution in [0.15, 0.2) is 18.3 Å². The van der Waals surface area contributed by atoms with E-state index in [-0.39, 0.29) is 24.6 Å². The molecule has 0 aromatic carbocycles. The zero-order valence-electron chi connectivity index (χ0n) is 14.5. The number of urea groups is 1. The molecule has 132 valence electrons. The molecule has 24 heavy (non-hydrogen) atoms. The summed E-state index contributed by atoms with van der Waals surface area (Å²) in [5, 5.41) is 12.0. The first kappa shape index (κ1) is 18.2. The first-order valence-electron chi connectivity index (χ1n) is 8.24. The molecule has 0 bridgehead atoms. The van der Waals surface area contributed by atoms with Gasteiger partial charge in [-0.25, -0.2) is 4.79 Å². The number of hydrogen-bond acceptors (Lipinski definition) is 4. The standard InChI is InChI=1S/C17H26N4O3/c1-20(2)16(23)15-10-13(8-9-18-15)19-17(24)21(3)14-6-4-12(11-22)5-7-14/h8-10,12,14,22H,4-7,11H2,1-3H3,(H,18,19,24). The summed E-state index contributed by atoms with van der Waals surface area (Å²) < 4.78 is 0. The van der Waals surface area contributed by atoms with Crippen molar-refractivity contribution in [2.45, 2.75) is 31.7 Å². The van der Waals surface area contributed by atoms with E-state index in [0.717, 1.165) is 25.7 Å². The number of aliphatic hydroxyl groups is 1. The van der Waals surface area contributed by atoms with E-state index in [1.54, 1.807) is 38.2 Å². The highest BCUT2D eigenvalue weighted by molar-refractivity contribution is 5.95. The predicted molar refractivity (Wildman–Crippen MR) is 91.9 cm³/mol. The lowest BCUT2D eigenvalue weighted by Crippen LogP contribution is -2.42. The Bertz CT molecular complexity index is 583. The molecule has 7 heteroatoms. The summed E-state index contributed by atoms with van der Waals surface area (Å²) in [4.78, 5) is 31.6. The Labute approximate surface area is 142 Å². The number of aliphatic hydroxyl groups excluding tert-OH is 1. The molecule has 2 rings (SSSR count). The van der Waals surface area contributed by atoms with E-state index in [1.807, 2.05) is 0 Å². The van der Waals surface area contributed by atoms with E-state index in [9.17, 15) is 14.7 Å². The monoisotopic (exact) mass is 334 g/mol. The van der Waals surface area contributed by atoms with Crippen molar-refractivity contribution < 1.29 is 14.7 Å². The van der Waals surface area contributed by atoms with Gasteiger partial charge in [0.1, 0.15) is 5.69 Å². The van der Waals surface area contributed by atoms with Crippen LogP contribution in [0.3, 0.4) is 0 Å². The molecule has 0 aliphatic heterocycles. The van der Waals surface area contributed by atoms with Crippen molar-refractivity contribution >= 4 is 17.6 Å². The summed E-state index contributed by atoms with van der Waals surface area (Å²) in [5.74, 6) is 0.152. The summed E-state index contributed by atoms with van der Waals surface area (Å²) in [6.07, 6.45) is 5.19. The van der Waals surface area contributed by atoms with E-state index in [2.05, 4.69) is 10.3 Å². The molecule has 1 heterocycles. The van der Waals surface area contributed by atoms with Gasteiger partial charge in [-0.1, -0.05) is 0 Å². The largest absolute Gasteiger partial charge is 0.396 e. The van der Waals surface area contributed by atoms with Crippen molar-refractivity contribution in [3.8, 4) is 0 Å². The van der Waals surface area contributed by atoms with Crippen LogP contribution >= 0.6 is 0 Å². The van der Waals surface area contributed by atoms with Gasteiger partial charge in [-0.2, -0.15) is 0 Å². The van der Waals surface area contributed by atoms with E-state index < -0.39 is 0 Å². The lowest BCUT2D eigenvalue weighted by Gasteiger charge is -2.34. The van der Waals surface area contributed by atoms with Crippen LogP contribution in [0, 0.1) is 5.92 Å². The first-order chi connectivity index (χ1) is 11.4. The summed E-state index contributed by atoms with van der Waals surface area (Å²) in [5.41, 5.74) is 0.847. The van der Waals surface area contributed by atoms with Crippen molar-refractivity contribution in [3.63, 3.8) is 0 Å². The average Bonchev–Trinajstić information content (AvgIpc) is 2.60. The number of carbonyl (C=O) groups is 2. The Kier molecular flexibility index (Phi) is 6.14. The number of rotatable bonds is 4. The fourth-order valence-electron chi connectivity index (χ4n) is 2.95. The summed E-state index contributed by atoms with van der Waals surface area (Å²) in [6, 6.07) is 3.23. The molecule has 1 aromatic rings. The second-order valence-corrected chi connectivity index (χ2v) is 6.53. The Morgan fingerprint density at radius 2 is 1.92 bits per heavy atom. The third-order valence-electron chi connectivity index (χ3n) is 4.58. The summed E-state index contributed by atoms with van der Waals surface area (Å²) in [6.45, 7) is 0.225. The minimum atomic E-state index is -0.207. The highest BCUT2D eigenvalue weighted by atomic mass is 16.3. The molecule has 0 saturated heterocycles. The van der Waals surface area contributed by atoms with Crippen LogP contribution in [-0.2, 0) is 0 Å². The first-order valence-corrected chi connectivity index (χ1v) is 8.24. The number of pyridine rings is 1. The fourth-order valence-corrected chi connectivity index (χ4v) is 2.95. The molecule has 1 fully saturated rings. The van der Waals surface area contributed by atoms with Gasteiger partial charge < -0.3 is 20.2 Å². The molecule has 1 saturated carbocycles. The molecule has 0 unspecified atom stereocenters. The number of hydrogen-bond donors (Lipinski definition) is 2. The van der Waals surface area contributed by atoms with Crippen LogP contribution in [-0.4, -0.2) is 65.6 Å². The maximum Gasteiger partial charge on any atom is 0.321 e. The maximum atomic E-state index is 12.4. The quantitative estimate of drug-likeness (QED) is 0.879. The highest BCUT2D eigenvalue weighted by Gasteiger charge is 2.26. The molecule has 0 atom stereocenters. The number of amides is 3. The maximum absolute atomic E-state index is 12.4. The average molecular weight is 334 g/mol. The molecule has 7 nitrogen and oxygen atoms in total. The van der Waals surface area contributed by atoms with Gasteiger partial charge in [0, 0.05) is 45.7 Å². The van der Waals surface area contributed by atoms with E-state index >= 15 is 0 Å². The minimum Gasteiger partial charge on any atom is -0.396 e. The zero-order valence-corrected chi connectivity index (χ0v) is 14.5. The van der Waals surface area contributed by atoms with Gasteiger partial charge in [-0.15, -0.1) is 0 Å². The van der Waals surface area contributed by atoms with Gasteiger partial charge in [0.2, 0.25) is 0 Å². The third kappa shape index (κ3) is 4.44. The number of carbonyl (C=O) groups excluding carboxylic acids is 2. The fraction of sp³-hybridized carbons (Fsp3) is 0.588. The molecular formula is C17H26N4O3. The lowest BCUT2D eigenvalue weighted by molar-refractivity contribution is 0.0822. The second kappa shape index (κ2) is 8.10. The minimum absolute atomic E-state index is 0.178. The topological polar surface area (TPSA) is 85.8 Å². The Hall–Kier alpha value is -2.15. The molecule has 0 radical (unpaired) electrons. The van der Waals surface area contributed by atoms with E-state index in [0.29, 0.717) is 17.3 Å². The predicted octanol–water partition coefficient (Wildman–Crippen LogP) is 1.80. The van der Waals surface area contributed by atoms with Crippen molar-refractivity contribution in [1.29, 1.82) is 0 Å². The van der Waals surface area contributed by atoms with Gasteiger partial charge in [0.25, 0.3) is 5.91 Å². The Morgan fingerprint density at radius 3 is 2.50 bits per heavy atom. The third-order valence-corrected chi connectivity index (χ3v) is 4.58. The van der Waals surface area contributed by atoms with Crippen molar-refractivity contribution in [1.82, 2.24) is 14.8 Å².